The van der Waals surface area contributed by atoms with Crippen LogP contribution in [0.2, 0.25) is 0 Å². The van der Waals surface area contributed by atoms with Gasteiger partial charge in [-0.05, 0) is 23.1 Å². The van der Waals surface area contributed by atoms with Gasteiger partial charge < -0.3 is 5.43 Å². The van der Waals surface area contributed by atoms with Crippen molar-refractivity contribution < 1.29 is 0 Å². The van der Waals surface area contributed by atoms with E-state index in [9.17, 15) is 0 Å². The Morgan fingerprint density at radius 3 is 2.43 bits per heavy atom. The molecule has 0 spiro atoms. The van der Waals surface area contributed by atoms with Crippen LogP contribution in [0.5, 0.6) is 0 Å². The molecule has 0 radical (unpaired) electrons. The van der Waals surface area contributed by atoms with Gasteiger partial charge in [0.1, 0.15) is 5.82 Å². The summed E-state index contributed by atoms with van der Waals surface area (Å²) in [7, 11) is 0. The highest BCUT2D eigenvalue weighted by molar-refractivity contribution is 5.91. The van der Waals surface area contributed by atoms with Crippen molar-refractivity contribution in [3.63, 3.8) is 0 Å². The van der Waals surface area contributed by atoms with E-state index in [4.69, 9.17) is 10.8 Å². The molecule has 0 amide bonds. The second kappa shape index (κ2) is 5.54. The molecule has 1 aromatic heterocycles. The van der Waals surface area contributed by atoms with E-state index in [-0.39, 0.29) is 0 Å². The van der Waals surface area contributed by atoms with Gasteiger partial charge in [0, 0.05) is 10.9 Å². The number of nitrogens with two attached hydrogens (primary N) is 1. The van der Waals surface area contributed by atoms with Crippen molar-refractivity contribution in [1.82, 2.24) is 4.98 Å². The summed E-state index contributed by atoms with van der Waals surface area (Å²) in [6, 6.07) is 18.6. The maximum Gasteiger partial charge on any atom is 0.148 e. The molecule has 0 bridgehead atoms. The molecular weight excluding hydrogens is 258 g/mol. The van der Waals surface area contributed by atoms with Gasteiger partial charge in [-0.3, -0.25) is 0 Å². The highest BCUT2D eigenvalue weighted by Crippen LogP contribution is 2.32. The summed E-state index contributed by atoms with van der Waals surface area (Å²) in [6.45, 7) is 4.36. The third-order valence-corrected chi connectivity index (χ3v) is 3.72. The van der Waals surface area contributed by atoms with E-state index in [1.807, 2.05) is 18.2 Å². The molecule has 106 valence electrons. The average molecular weight is 277 g/mol. The Balaban J connectivity index is 2.28. The number of hydrogen-bond acceptors (Lipinski definition) is 3. The first-order valence-corrected chi connectivity index (χ1v) is 7.16. The van der Waals surface area contributed by atoms with Crippen molar-refractivity contribution in [3.8, 4) is 11.1 Å². The summed E-state index contributed by atoms with van der Waals surface area (Å²) in [5.41, 5.74) is 7.12. The highest BCUT2D eigenvalue weighted by atomic mass is 15.2. The second-order valence-corrected chi connectivity index (χ2v) is 5.47. The number of hydrazine groups is 1. The predicted octanol–water partition coefficient (Wildman–Crippen LogP) is 4.31. The van der Waals surface area contributed by atoms with Gasteiger partial charge in [0.15, 0.2) is 0 Å². The number of benzene rings is 2. The van der Waals surface area contributed by atoms with Crippen molar-refractivity contribution in [2.24, 2.45) is 5.84 Å². The number of rotatable bonds is 3. The molecule has 21 heavy (non-hydrogen) atoms. The Labute approximate surface area is 124 Å². The summed E-state index contributed by atoms with van der Waals surface area (Å²) in [6.07, 6.45) is 0. The van der Waals surface area contributed by atoms with Crippen LogP contribution < -0.4 is 11.3 Å². The van der Waals surface area contributed by atoms with Crippen LogP contribution in [0.4, 0.5) is 5.82 Å². The molecule has 1 heterocycles. The molecule has 0 aliphatic rings. The van der Waals surface area contributed by atoms with Crippen LogP contribution in [0.15, 0.2) is 54.6 Å². The third-order valence-electron chi connectivity index (χ3n) is 3.72. The molecule has 3 nitrogen and oxygen atoms in total. The zero-order valence-corrected chi connectivity index (χ0v) is 12.3. The third kappa shape index (κ3) is 2.48. The van der Waals surface area contributed by atoms with Gasteiger partial charge in [0.25, 0.3) is 0 Å². The Morgan fingerprint density at radius 1 is 1.00 bits per heavy atom. The fraction of sp³-hybridized carbons (Fsp3) is 0.167. The van der Waals surface area contributed by atoms with Crippen LogP contribution in [0.25, 0.3) is 22.0 Å². The van der Waals surface area contributed by atoms with Crippen molar-refractivity contribution in [3.05, 3.63) is 60.2 Å². The standard InChI is InChI=1S/C18H19N3/c1-12(2)15-10-6-9-14-11-16(13-7-4-3-5-8-13)18(21-19)20-17(14)15/h3-12H,19H2,1-2H3,(H,20,21). The average Bonchev–Trinajstić information content (AvgIpc) is 2.53. The molecule has 0 aliphatic carbocycles. The number of nitrogens with zero attached hydrogens (tertiary/aromatic N) is 1. The van der Waals surface area contributed by atoms with E-state index in [2.05, 4.69) is 55.7 Å². The van der Waals surface area contributed by atoms with Gasteiger partial charge in [-0.2, -0.15) is 0 Å². The minimum Gasteiger partial charge on any atom is -0.308 e. The molecule has 0 fully saturated rings. The predicted molar refractivity (Wildman–Crippen MR) is 89.1 cm³/mol. The molecule has 3 aromatic rings. The summed E-state index contributed by atoms with van der Waals surface area (Å²) < 4.78 is 0. The van der Waals surface area contributed by atoms with Crippen molar-refractivity contribution >= 4 is 16.7 Å². The van der Waals surface area contributed by atoms with E-state index < -0.39 is 0 Å². The maximum absolute atomic E-state index is 5.69. The number of fused-ring (bicyclic) bond motifs is 1. The topological polar surface area (TPSA) is 50.9 Å². The van der Waals surface area contributed by atoms with Gasteiger partial charge in [0.05, 0.1) is 5.52 Å². The monoisotopic (exact) mass is 277 g/mol. The first-order chi connectivity index (χ1) is 10.2. The molecule has 2 aromatic carbocycles. The first kappa shape index (κ1) is 13.6. The quantitative estimate of drug-likeness (QED) is 0.554. The number of aromatic nitrogens is 1. The normalized spacial score (nSPS) is 11.0. The van der Waals surface area contributed by atoms with Gasteiger partial charge >= 0.3 is 0 Å². The Kier molecular flexibility index (Phi) is 3.59. The Hall–Kier alpha value is -2.39. The lowest BCUT2D eigenvalue weighted by Crippen LogP contribution is -2.10. The minimum absolute atomic E-state index is 0.425. The van der Waals surface area contributed by atoms with E-state index in [1.54, 1.807) is 0 Å². The number of hydrogen-bond donors (Lipinski definition) is 2. The van der Waals surface area contributed by atoms with Crippen molar-refractivity contribution in [1.29, 1.82) is 0 Å². The number of nitrogens with one attached hydrogen (secondary N) is 1. The molecule has 0 aliphatic heterocycles. The first-order valence-electron chi connectivity index (χ1n) is 7.16. The lowest BCUT2D eigenvalue weighted by atomic mass is 9.97. The molecule has 3 rings (SSSR count). The number of pyridine rings is 1. The van der Waals surface area contributed by atoms with E-state index >= 15 is 0 Å². The van der Waals surface area contributed by atoms with Crippen molar-refractivity contribution in [2.75, 3.05) is 5.43 Å². The largest absolute Gasteiger partial charge is 0.308 e. The van der Waals surface area contributed by atoms with Crippen LogP contribution >= 0.6 is 0 Å². The van der Waals surface area contributed by atoms with E-state index in [0.29, 0.717) is 11.7 Å². The van der Waals surface area contributed by atoms with Gasteiger partial charge in [-0.1, -0.05) is 62.4 Å². The number of nitrogen functional groups attached to an aromatic ring is 1. The Morgan fingerprint density at radius 2 is 1.76 bits per heavy atom. The van der Waals surface area contributed by atoms with Crippen molar-refractivity contribution in [2.45, 2.75) is 19.8 Å². The lowest BCUT2D eigenvalue weighted by molar-refractivity contribution is 0.873. The summed E-state index contributed by atoms with van der Waals surface area (Å²) in [5.74, 6) is 6.83. The molecular formula is C18H19N3. The number of para-hydroxylation sites is 1. The molecule has 0 saturated carbocycles. The molecule has 0 saturated heterocycles. The van der Waals surface area contributed by atoms with Gasteiger partial charge in [-0.25, -0.2) is 10.8 Å². The van der Waals surface area contributed by atoms with E-state index in [0.717, 1.165) is 22.0 Å². The summed E-state index contributed by atoms with van der Waals surface area (Å²) in [4.78, 5) is 4.76. The van der Waals surface area contributed by atoms with Crippen LogP contribution in [0.1, 0.15) is 25.3 Å². The van der Waals surface area contributed by atoms with Gasteiger partial charge in [-0.15, -0.1) is 0 Å². The van der Waals surface area contributed by atoms with Crippen LogP contribution in [-0.4, -0.2) is 4.98 Å². The van der Waals surface area contributed by atoms with Crippen LogP contribution in [0, 0.1) is 0 Å². The molecule has 3 heteroatoms. The minimum atomic E-state index is 0.425. The summed E-state index contributed by atoms with van der Waals surface area (Å²) in [5, 5.41) is 1.14. The van der Waals surface area contributed by atoms with Gasteiger partial charge in [0.2, 0.25) is 0 Å². The Bertz CT molecular complexity index is 764. The highest BCUT2D eigenvalue weighted by Gasteiger charge is 2.12. The zero-order valence-electron chi connectivity index (χ0n) is 12.3. The van der Waals surface area contributed by atoms with E-state index in [1.165, 1.54) is 5.56 Å². The van der Waals surface area contributed by atoms with Crippen LogP contribution in [-0.2, 0) is 0 Å². The molecule has 3 N–H and O–H groups in total. The fourth-order valence-electron chi connectivity index (χ4n) is 2.64. The number of anilines is 1. The lowest BCUT2D eigenvalue weighted by Gasteiger charge is -2.14. The smallest absolute Gasteiger partial charge is 0.148 e. The summed E-state index contributed by atoms with van der Waals surface area (Å²) >= 11 is 0. The SMILES string of the molecule is CC(C)c1cccc2cc(-c3ccccc3)c(NN)nc12. The fourth-order valence-corrected chi connectivity index (χ4v) is 2.64. The maximum atomic E-state index is 5.69. The second-order valence-electron chi connectivity index (χ2n) is 5.47. The zero-order chi connectivity index (χ0) is 14.8. The molecule has 0 unspecified atom stereocenters. The van der Waals surface area contributed by atoms with Crippen LogP contribution in [0.3, 0.4) is 0 Å². The molecule has 0 atom stereocenters.